The van der Waals surface area contributed by atoms with Gasteiger partial charge in [0.2, 0.25) is 0 Å². The second kappa shape index (κ2) is 6.31. The molecule has 3 N–H and O–H groups in total. The van der Waals surface area contributed by atoms with Gasteiger partial charge >= 0.3 is 5.69 Å². The molecule has 1 aromatic carbocycles. The normalized spacial score (nSPS) is 10.9. The van der Waals surface area contributed by atoms with E-state index in [0.717, 1.165) is 6.20 Å². The van der Waals surface area contributed by atoms with Gasteiger partial charge < -0.3 is 9.72 Å². The predicted molar refractivity (Wildman–Crippen MR) is 80.6 cm³/mol. The minimum absolute atomic E-state index is 0.247. The highest BCUT2D eigenvalue weighted by atomic mass is 32.2. The summed E-state index contributed by atoms with van der Waals surface area (Å²) < 4.78 is 31.7. The first-order valence-electron chi connectivity index (χ1n) is 6.11. The quantitative estimate of drug-likeness (QED) is 0.666. The smallest absolute Gasteiger partial charge is 0.325 e. The Balaban J connectivity index is 2.23. The number of aromatic amines is 2. The Bertz CT molecular complexity index is 881. The highest BCUT2D eigenvalue weighted by Gasteiger charge is 2.18. The van der Waals surface area contributed by atoms with Crippen LogP contribution in [0.15, 0.2) is 57.6 Å². The minimum Gasteiger partial charge on any atom is -0.490 e. The Kier molecular flexibility index (Phi) is 4.47. The van der Waals surface area contributed by atoms with E-state index >= 15 is 0 Å². The fraction of sp³-hybridized carbons (Fsp3) is 0.0769. The second-order valence-electron chi connectivity index (χ2n) is 4.17. The average Bonchev–Trinajstić information content (AvgIpc) is 2.45. The molecule has 0 aliphatic carbocycles. The predicted octanol–water partition coefficient (Wildman–Crippen LogP) is 0.429. The second-order valence-corrected chi connectivity index (χ2v) is 5.82. The zero-order valence-corrected chi connectivity index (χ0v) is 12.1. The number of hydrogen-bond acceptors (Lipinski definition) is 5. The maximum atomic E-state index is 12.1. The summed E-state index contributed by atoms with van der Waals surface area (Å²) in [5, 5.41) is 0. The molecule has 0 bridgehead atoms. The molecule has 8 nitrogen and oxygen atoms in total. The average molecular weight is 323 g/mol. The fourth-order valence-electron chi connectivity index (χ4n) is 1.58. The third-order valence-electron chi connectivity index (χ3n) is 2.55. The molecule has 0 fully saturated rings. The molecule has 0 aliphatic heterocycles. The first-order chi connectivity index (χ1) is 10.4. The largest absolute Gasteiger partial charge is 0.490 e. The first kappa shape index (κ1) is 15.6. The molecular weight excluding hydrogens is 310 g/mol. The number of rotatable bonds is 6. The topological polar surface area (TPSA) is 121 Å². The zero-order chi connectivity index (χ0) is 16.2. The van der Waals surface area contributed by atoms with Crippen LogP contribution >= 0.6 is 0 Å². The molecule has 0 atom stereocenters. The molecule has 0 unspecified atom stereocenters. The van der Waals surface area contributed by atoms with Gasteiger partial charge in [-0.1, -0.05) is 12.7 Å². The van der Waals surface area contributed by atoms with Crippen LogP contribution in [0.3, 0.4) is 0 Å². The van der Waals surface area contributed by atoms with E-state index in [1.54, 1.807) is 18.2 Å². The third kappa shape index (κ3) is 3.64. The monoisotopic (exact) mass is 323 g/mol. The molecule has 2 rings (SSSR count). The van der Waals surface area contributed by atoms with Gasteiger partial charge in [0, 0.05) is 11.9 Å². The summed E-state index contributed by atoms with van der Waals surface area (Å²) in [6.45, 7) is 3.85. The summed E-state index contributed by atoms with van der Waals surface area (Å²) in [7, 11) is -4.11. The van der Waals surface area contributed by atoms with Crippen LogP contribution in [0.2, 0.25) is 0 Å². The van der Waals surface area contributed by atoms with E-state index in [0.29, 0.717) is 12.4 Å². The van der Waals surface area contributed by atoms with Gasteiger partial charge in [0.1, 0.15) is 12.4 Å². The number of nitrogens with one attached hydrogen (secondary N) is 3. The Morgan fingerprint density at radius 3 is 2.50 bits per heavy atom. The van der Waals surface area contributed by atoms with Gasteiger partial charge in [0.05, 0.1) is 0 Å². The van der Waals surface area contributed by atoms with Crippen molar-refractivity contribution in [3.05, 3.63) is 64.0 Å². The van der Waals surface area contributed by atoms with E-state index in [1.807, 2.05) is 4.98 Å². The summed E-state index contributed by atoms with van der Waals surface area (Å²) in [5.74, 6) is 0.546. The SMILES string of the molecule is C=CCOc1ccc(NS(=O)(=O)c2c[nH]c(=O)[nH]c2=O)cc1. The summed E-state index contributed by atoms with van der Waals surface area (Å²) in [5.41, 5.74) is -1.54. The molecule has 0 amide bonds. The molecule has 0 radical (unpaired) electrons. The van der Waals surface area contributed by atoms with Crippen molar-refractivity contribution in [2.24, 2.45) is 0 Å². The molecule has 0 saturated heterocycles. The number of aromatic nitrogens is 2. The van der Waals surface area contributed by atoms with E-state index in [4.69, 9.17) is 4.74 Å². The Morgan fingerprint density at radius 2 is 1.91 bits per heavy atom. The Morgan fingerprint density at radius 1 is 1.23 bits per heavy atom. The van der Waals surface area contributed by atoms with Gasteiger partial charge in [0.15, 0.2) is 4.90 Å². The van der Waals surface area contributed by atoms with Crippen LogP contribution in [0, 0.1) is 0 Å². The van der Waals surface area contributed by atoms with Gasteiger partial charge in [0.25, 0.3) is 15.6 Å². The number of hydrogen-bond donors (Lipinski definition) is 3. The van der Waals surface area contributed by atoms with Crippen molar-refractivity contribution in [2.75, 3.05) is 11.3 Å². The fourth-order valence-corrected chi connectivity index (χ4v) is 2.65. The summed E-state index contributed by atoms with van der Waals surface area (Å²) in [6.07, 6.45) is 2.42. The number of anilines is 1. The van der Waals surface area contributed by atoms with E-state index < -0.39 is 26.2 Å². The molecule has 1 heterocycles. The molecule has 0 saturated carbocycles. The van der Waals surface area contributed by atoms with E-state index in [2.05, 4.69) is 16.3 Å². The van der Waals surface area contributed by atoms with Gasteiger partial charge in [-0.05, 0) is 24.3 Å². The highest BCUT2D eigenvalue weighted by Crippen LogP contribution is 2.18. The number of benzene rings is 1. The van der Waals surface area contributed by atoms with Crippen molar-refractivity contribution in [1.82, 2.24) is 9.97 Å². The maximum Gasteiger partial charge on any atom is 0.325 e. The van der Waals surface area contributed by atoms with Crippen molar-refractivity contribution in [3.63, 3.8) is 0 Å². The van der Waals surface area contributed by atoms with Crippen LogP contribution in [0.25, 0.3) is 0 Å². The minimum atomic E-state index is -4.11. The van der Waals surface area contributed by atoms with Gasteiger partial charge in [-0.25, -0.2) is 13.2 Å². The van der Waals surface area contributed by atoms with Crippen LogP contribution in [0.5, 0.6) is 5.75 Å². The van der Waals surface area contributed by atoms with E-state index in [9.17, 15) is 18.0 Å². The number of H-pyrrole nitrogens is 2. The lowest BCUT2D eigenvalue weighted by molar-refractivity contribution is 0.363. The summed E-state index contributed by atoms with van der Waals surface area (Å²) >= 11 is 0. The number of ether oxygens (including phenoxy) is 1. The molecular formula is C13H13N3O5S. The van der Waals surface area contributed by atoms with Crippen molar-refractivity contribution in [1.29, 1.82) is 0 Å². The van der Waals surface area contributed by atoms with Crippen molar-refractivity contribution >= 4 is 15.7 Å². The lowest BCUT2D eigenvalue weighted by Gasteiger charge is -2.08. The molecule has 22 heavy (non-hydrogen) atoms. The molecule has 9 heteroatoms. The third-order valence-corrected chi connectivity index (χ3v) is 3.94. The van der Waals surface area contributed by atoms with E-state index in [-0.39, 0.29) is 5.69 Å². The van der Waals surface area contributed by atoms with Gasteiger partial charge in [-0.2, -0.15) is 0 Å². The molecule has 0 aliphatic rings. The van der Waals surface area contributed by atoms with E-state index in [1.165, 1.54) is 12.1 Å². The summed E-state index contributed by atoms with van der Waals surface area (Å²) in [4.78, 5) is 25.8. The first-order valence-corrected chi connectivity index (χ1v) is 7.59. The molecule has 0 spiro atoms. The lowest BCUT2D eigenvalue weighted by atomic mass is 10.3. The zero-order valence-electron chi connectivity index (χ0n) is 11.3. The summed E-state index contributed by atoms with van der Waals surface area (Å²) in [6, 6.07) is 6.10. The highest BCUT2D eigenvalue weighted by molar-refractivity contribution is 7.92. The molecule has 2 aromatic rings. The maximum absolute atomic E-state index is 12.1. The lowest BCUT2D eigenvalue weighted by Crippen LogP contribution is -2.29. The number of sulfonamides is 1. The van der Waals surface area contributed by atoms with Crippen LogP contribution < -0.4 is 20.7 Å². The van der Waals surface area contributed by atoms with Crippen molar-refractivity contribution < 1.29 is 13.2 Å². The van der Waals surface area contributed by atoms with Gasteiger partial charge in [-0.3, -0.25) is 14.5 Å². The molecule has 116 valence electrons. The molecule has 1 aromatic heterocycles. The Labute approximate surface area is 125 Å². The van der Waals surface area contributed by atoms with Crippen LogP contribution in [-0.4, -0.2) is 25.0 Å². The van der Waals surface area contributed by atoms with Crippen LogP contribution in [-0.2, 0) is 10.0 Å². The van der Waals surface area contributed by atoms with Crippen LogP contribution in [0.1, 0.15) is 0 Å². The van der Waals surface area contributed by atoms with Crippen molar-refractivity contribution in [3.8, 4) is 5.75 Å². The van der Waals surface area contributed by atoms with Gasteiger partial charge in [-0.15, -0.1) is 0 Å². The Hall–Kier alpha value is -2.81. The van der Waals surface area contributed by atoms with Crippen molar-refractivity contribution in [2.45, 2.75) is 4.90 Å². The standard InChI is InChI=1S/C13H13N3O5S/c1-2-7-21-10-5-3-9(4-6-10)16-22(19,20)11-8-14-13(18)15-12(11)17/h2-6,8,16H,1,7H2,(H2,14,15,17,18). The van der Waals surface area contributed by atoms with Crippen LogP contribution in [0.4, 0.5) is 5.69 Å².